The molecule has 0 saturated heterocycles. The lowest BCUT2D eigenvalue weighted by Crippen LogP contribution is -2.31. The van der Waals surface area contributed by atoms with Crippen molar-refractivity contribution >= 4 is 20.9 Å². The van der Waals surface area contributed by atoms with Gasteiger partial charge in [0.2, 0.25) is 15.6 Å². The Morgan fingerprint density at radius 1 is 0.969 bits per heavy atom. The van der Waals surface area contributed by atoms with Crippen molar-refractivity contribution in [2.45, 2.75) is 44.2 Å². The predicted octanol–water partition coefficient (Wildman–Crippen LogP) is 4.95. The number of sulfonamides is 1. The number of fused-ring (bicyclic) bond motifs is 1. The Balaban J connectivity index is 1.88. The summed E-state index contributed by atoms with van der Waals surface area (Å²) >= 11 is 0. The Labute approximate surface area is 184 Å². The molecule has 172 valence electrons. The maximum absolute atomic E-state index is 13.4. The third kappa shape index (κ3) is 5.21. The lowest BCUT2D eigenvalue weighted by molar-refractivity contribution is -0.136. The van der Waals surface area contributed by atoms with Crippen LogP contribution in [0.25, 0.3) is 10.9 Å². The third-order valence-corrected chi connectivity index (χ3v) is 7.28. The summed E-state index contributed by atoms with van der Waals surface area (Å²) in [7, 11) is -3.59. The van der Waals surface area contributed by atoms with Gasteiger partial charge in [0.05, 0.1) is 10.5 Å². The van der Waals surface area contributed by atoms with E-state index in [4.69, 9.17) is 0 Å². The van der Waals surface area contributed by atoms with E-state index >= 15 is 0 Å². The van der Waals surface area contributed by atoms with Gasteiger partial charge in [-0.25, -0.2) is 8.42 Å². The van der Waals surface area contributed by atoms with Crippen LogP contribution in [0.5, 0.6) is 0 Å². The minimum atomic E-state index is -4.65. The van der Waals surface area contributed by atoms with Crippen LogP contribution in [0.15, 0.2) is 58.2 Å². The summed E-state index contributed by atoms with van der Waals surface area (Å²) in [5, 5.41) is -0.0803. The molecule has 0 aliphatic carbocycles. The van der Waals surface area contributed by atoms with Crippen molar-refractivity contribution in [2.75, 3.05) is 13.1 Å². The molecule has 0 amide bonds. The average molecular weight is 467 g/mol. The normalized spacial score (nSPS) is 12.6. The molecule has 1 N–H and O–H groups in total. The fourth-order valence-corrected chi connectivity index (χ4v) is 5.08. The van der Waals surface area contributed by atoms with Crippen LogP contribution in [0.1, 0.15) is 43.4 Å². The van der Waals surface area contributed by atoms with Crippen molar-refractivity contribution in [1.82, 2.24) is 9.29 Å². The molecule has 2 aromatic carbocycles. The highest BCUT2D eigenvalue weighted by atomic mass is 32.2. The molecule has 0 spiro atoms. The monoisotopic (exact) mass is 466 g/mol. The average Bonchev–Trinajstić information content (AvgIpc) is 2.73. The number of alkyl halides is 3. The number of nitrogens with zero attached hydrogens (tertiary/aromatic N) is 1. The summed E-state index contributed by atoms with van der Waals surface area (Å²) in [4.78, 5) is 14.2. The number of pyridine rings is 1. The maximum atomic E-state index is 13.4. The van der Waals surface area contributed by atoms with Crippen LogP contribution in [0, 0.1) is 0 Å². The van der Waals surface area contributed by atoms with Crippen LogP contribution in [0.3, 0.4) is 0 Å². The van der Waals surface area contributed by atoms with Gasteiger partial charge in [-0.1, -0.05) is 38.5 Å². The van der Waals surface area contributed by atoms with Crippen LogP contribution >= 0.6 is 0 Å². The summed E-state index contributed by atoms with van der Waals surface area (Å²) in [5.41, 5.74) is -0.302. The molecular weight excluding hydrogens is 441 g/mol. The minimum Gasteiger partial charge on any atom is -0.322 e. The molecule has 0 aliphatic rings. The van der Waals surface area contributed by atoms with E-state index in [1.54, 1.807) is 25.1 Å². The van der Waals surface area contributed by atoms with Gasteiger partial charge >= 0.3 is 6.18 Å². The van der Waals surface area contributed by atoms with Crippen LogP contribution in [-0.4, -0.2) is 30.8 Å². The molecule has 32 heavy (non-hydrogen) atoms. The molecule has 3 rings (SSSR count). The first-order valence-electron chi connectivity index (χ1n) is 10.4. The van der Waals surface area contributed by atoms with Gasteiger partial charge in [-0.05, 0) is 48.2 Å². The fraction of sp³-hybridized carbons (Fsp3) is 0.348. The number of aromatic amines is 1. The number of hydrogen-bond acceptors (Lipinski definition) is 3. The largest absolute Gasteiger partial charge is 0.417 e. The van der Waals surface area contributed by atoms with E-state index in [0.717, 1.165) is 18.4 Å². The van der Waals surface area contributed by atoms with E-state index in [2.05, 4.69) is 4.98 Å². The summed E-state index contributed by atoms with van der Waals surface area (Å²) in [6, 6.07) is 11.5. The first-order chi connectivity index (χ1) is 15.1. The zero-order valence-corrected chi connectivity index (χ0v) is 18.7. The zero-order chi connectivity index (χ0) is 23.5. The van der Waals surface area contributed by atoms with Gasteiger partial charge in [0.15, 0.2) is 0 Å². The van der Waals surface area contributed by atoms with Crippen molar-refractivity contribution in [3.63, 3.8) is 0 Å². The van der Waals surface area contributed by atoms with Crippen molar-refractivity contribution in [3.05, 3.63) is 75.6 Å². The van der Waals surface area contributed by atoms with E-state index in [1.807, 2.05) is 6.92 Å². The second-order valence-corrected chi connectivity index (χ2v) is 9.53. The van der Waals surface area contributed by atoms with Gasteiger partial charge in [0.1, 0.15) is 0 Å². The molecule has 0 saturated carbocycles. The van der Waals surface area contributed by atoms with Crippen molar-refractivity contribution < 1.29 is 21.6 Å². The second kappa shape index (κ2) is 9.46. The minimum absolute atomic E-state index is 0.0803. The van der Waals surface area contributed by atoms with Gasteiger partial charge in [-0.15, -0.1) is 0 Å². The van der Waals surface area contributed by atoms with Gasteiger partial charge in [0.25, 0.3) is 0 Å². The predicted molar refractivity (Wildman–Crippen MR) is 118 cm³/mol. The third-order valence-electron chi connectivity index (χ3n) is 5.30. The number of halogens is 3. The van der Waals surface area contributed by atoms with Gasteiger partial charge in [-0.3, -0.25) is 4.79 Å². The van der Waals surface area contributed by atoms with Crippen molar-refractivity contribution in [1.29, 1.82) is 0 Å². The molecule has 5 nitrogen and oxygen atoms in total. The molecule has 0 bridgehead atoms. The lowest BCUT2D eigenvalue weighted by Gasteiger charge is -2.20. The molecule has 0 aliphatic heterocycles. The Kier molecular flexibility index (Phi) is 7.09. The van der Waals surface area contributed by atoms with Crippen LogP contribution < -0.4 is 5.56 Å². The molecule has 1 aromatic heterocycles. The topological polar surface area (TPSA) is 70.2 Å². The number of hydrogen-bond donors (Lipinski definition) is 1. The second-order valence-electron chi connectivity index (χ2n) is 7.60. The Hall–Kier alpha value is -2.65. The molecule has 0 unspecified atom stereocenters. The number of aromatic nitrogens is 1. The molecule has 0 atom stereocenters. The summed E-state index contributed by atoms with van der Waals surface area (Å²) in [6.07, 6.45) is -2.66. The number of H-pyrrole nitrogens is 1. The molecular formula is C23H25F3N2O3S. The van der Waals surface area contributed by atoms with E-state index in [0.29, 0.717) is 31.1 Å². The fourth-order valence-electron chi connectivity index (χ4n) is 3.59. The number of unbranched alkanes of at least 4 members (excludes halogenated alkanes) is 1. The summed E-state index contributed by atoms with van der Waals surface area (Å²) < 4.78 is 67.2. The van der Waals surface area contributed by atoms with E-state index < -0.39 is 27.3 Å². The van der Waals surface area contributed by atoms with Crippen molar-refractivity contribution in [2.24, 2.45) is 0 Å². The SMILES string of the molecule is CCCCN(CC)S(=O)(=O)c1ccc(Cc2ccc3[nH]c(=O)cc(C(F)(F)F)c3c2)cc1. The van der Waals surface area contributed by atoms with Crippen LogP contribution in [-0.2, 0) is 22.6 Å². The van der Waals surface area contributed by atoms with Crippen molar-refractivity contribution in [3.8, 4) is 0 Å². The molecule has 9 heteroatoms. The maximum Gasteiger partial charge on any atom is 0.417 e. The van der Waals surface area contributed by atoms with Gasteiger partial charge < -0.3 is 4.98 Å². The summed E-state index contributed by atoms with van der Waals surface area (Å²) in [5.74, 6) is 0. The number of rotatable bonds is 8. The zero-order valence-electron chi connectivity index (χ0n) is 17.9. The van der Waals surface area contributed by atoms with Gasteiger partial charge in [-0.2, -0.15) is 17.5 Å². The van der Waals surface area contributed by atoms with E-state index in [1.165, 1.54) is 28.6 Å². The number of nitrogens with one attached hydrogen (secondary N) is 1. The molecule has 0 fully saturated rings. The van der Waals surface area contributed by atoms with Gasteiger partial charge in [0, 0.05) is 30.1 Å². The molecule has 1 heterocycles. The highest BCUT2D eigenvalue weighted by Crippen LogP contribution is 2.33. The quantitative estimate of drug-likeness (QED) is 0.511. The standard InChI is InChI=1S/C23H25F3N2O3S/c1-3-5-12-28(4-2)32(30,31)18-9-6-16(7-10-18)13-17-8-11-21-19(14-17)20(23(24,25)26)15-22(29)27-21/h6-11,14-15H,3-5,12-13H2,1-2H3,(H,27,29). The van der Waals surface area contributed by atoms with Crippen LogP contribution in [0.2, 0.25) is 0 Å². The summed E-state index contributed by atoms with van der Waals surface area (Å²) in [6.45, 7) is 4.63. The highest BCUT2D eigenvalue weighted by Gasteiger charge is 2.33. The Bertz CT molecular complexity index is 1250. The van der Waals surface area contributed by atoms with E-state index in [-0.39, 0.29) is 15.8 Å². The highest BCUT2D eigenvalue weighted by molar-refractivity contribution is 7.89. The first kappa shape index (κ1) is 24.0. The molecule has 3 aromatic rings. The Morgan fingerprint density at radius 2 is 1.62 bits per heavy atom. The number of benzene rings is 2. The van der Waals surface area contributed by atoms with Crippen LogP contribution in [0.4, 0.5) is 13.2 Å². The van der Waals surface area contributed by atoms with E-state index in [9.17, 15) is 26.4 Å². The first-order valence-corrected chi connectivity index (χ1v) is 11.8. The Morgan fingerprint density at radius 3 is 2.22 bits per heavy atom. The lowest BCUT2D eigenvalue weighted by atomic mass is 10.0. The molecule has 0 radical (unpaired) electrons. The smallest absolute Gasteiger partial charge is 0.322 e.